The average Bonchev–Trinajstić information content (AvgIpc) is 3.55. The second-order valence-corrected chi connectivity index (χ2v) is 17.1. The first-order chi connectivity index (χ1) is 26.8. The molecule has 3 heterocycles. The topological polar surface area (TPSA) is 170 Å². The predicted octanol–water partition coefficient (Wildman–Crippen LogP) is 6.82. The van der Waals surface area contributed by atoms with Gasteiger partial charge in [0.05, 0.1) is 28.0 Å². The molecule has 0 spiro atoms. The fourth-order valence-electron chi connectivity index (χ4n) is 6.98. The minimum absolute atomic E-state index is 0.0239. The molecule has 21 heteroatoms. The van der Waals surface area contributed by atoms with E-state index in [1.54, 1.807) is 24.3 Å². The Balaban J connectivity index is 1.46. The Morgan fingerprint density at radius 1 is 1.07 bits per heavy atom. The molecular formula is C37H42BClF5N7O7. The largest absolute Gasteiger partial charge is 0.494 e. The van der Waals surface area contributed by atoms with Crippen LogP contribution in [0.25, 0.3) is 5.69 Å². The van der Waals surface area contributed by atoms with Crippen LogP contribution in [0, 0.1) is 5.41 Å². The second-order valence-electron chi connectivity index (χ2n) is 16.7. The highest BCUT2D eigenvalue weighted by Gasteiger charge is 2.65. The number of alkyl carbamates (subject to hydrolysis) is 1. The number of nitrogens with zero attached hydrogens (tertiary/aromatic N) is 5. The quantitative estimate of drug-likeness (QED) is 0.146. The van der Waals surface area contributed by atoms with E-state index < -0.39 is 89.9 Å². The summed E-state index contributed by atoms with van der Waals surface area (Å²) in [5, 5.41) is 18.6. The number of hydrogen-bond acceptors (Lipinski definition) is 8. The molecule has 14 nitrogen and oxygen atoms in total. The van der Waals surface area contributed by atoms with E-state index in [2.05, 4.69) is 20.4 Å². The van der Waals surface area contributed by atoms with Gasteiger partial charge in [-0.25, -0.2) is 28.0 Å². The first-order valence-corrected chi connectivity index (χ1v) is 18.6. The minimum atomic E-state index is -4.78. The average molecular weight is 838 g/mol. The van der Waals surface area contributed by atoms with Crippen LogP contribution >= 0.6 is 11.6 Å². The highest BCUT2D eigenvalue weighted by molar-refractivity contribution is 6.62. The number of benzene rings is 2. The van der Waals surface area contributed by atoms with Crippen LogP contribution in [0.3, 0.4) is 0 Å². The van der Waals surface area contributed by atoms with E-state index >= 15 is 4.79 Å². The SMILES string of the molecule is CC(C)(C)C[C@]1(c2ccc(B3OC(C)(C)C(C)(C)O3)cc2)N/C(=N\C(=O)O)N([C@H](COC(=O)NC2(C(F)(F)F)CC2)c2ccc(Cl)c(-n3ncnc3C(F)F)c2)C1=O. The fraction of sp³-hybridized carbons (Fsp3) is 0.514. The number of ether oxygens (including phenoxy) is 1. The maximum absolute atomic E-state index is 15.2. The van der Waals surface area contributed by atoms with Gasteiger partial charge in [0, 0.05) is 0 Å². The zero-order valence-electron chi connectivity index (χ0n) is 32.6. The maximum atomic E-state index is 15.2. The Kier molecular flexibility index (Phi) is 10.9. The number of halogens is 6. The summed E-state index contributed by atoms with van der Waals surface area (Å²) >= 11 is 6.45. The van der Waals surface area contributed by atoms with Crippen molar-refractivity contribution < 1.29 is 55.5 Å². The van der Waals surface area contributed by atoms with Crippen molar-refractivity contribution in [3.8, 4) is 5.69 Å². The van der Waals surface area contributed by atoms with E-state index in [1.165, 1.54) is 18.2 Å². The first kappa shape index (κ1) is 42.8. The highest BCUT2D eigenvalue weighted by Crippen LogP contribution is 2.49. The van der Waals surface area contributed by atoms with E-state index in [0.29, 0.717) is 11.0 Å². The Bertz CT molecular complexity index is 2110. The molecule has 3 amide bonds. The molecule has 1 aliphatic carbocycles. The molecular weight excluding hydrogens is 796 g/mol. The third-order valence-electron chi connectivity index (χ3n) is 10.7. The second kappa shape index (κ2) is 14.8. The summed E-state index contributed by atoms with van der Waals surface area (Å²) in [6, 6.07) is 9.05. The highest BCUT2D eigenvalue weighted by atomic mass is 35.5. The lowest BCUT2D eigenvalue weighted by Crippen LogP contribution is -2.49. The van der Waals surface area contributed by atoms with Crippen LogP contribution in [0.1, 0.15) is 97.1 Å². The fourth-order valence-corrected chi connectivity index (χ4v) is 7.18. The number of aliphatic imine (C=N–C) groups is 1. The molecule has 0 bridgehead atoms. The van der Waals surface area contributed by atoms with Crippen LogP contribution in [-0.4, -0.2) is 85.5 Å². The van der Waals surface area contributed by atoms with Crippen molar-refractivity contribution in [3.05, 3.63) is 70.8 Å². The van der Waals surface area contributed by atoms with E-state index in [-0.39, 0.29) is 35.5 Å². The lowest BCUT2D eigenvalue weighted by molar-refractivity contribution is -0.164. The van der Waals surface area contributed by atoms with Crippen molar-refractivity contribution in [1.82, 2.24) is 30.3 Å². The minimum Gasteiger partial charge on any atom is -0.463 e. The molecule has 0 radical (unpaired) electrons. The number of carbonyl (C=O) groups is 3. The van der Waals surface area contributed by atoms with Gasteiger partial charge < -0.3 is 29.8 Å². The summed E-state index contributed by atoms with van der Waals surface area (Å²) < 4.78 is 87.7. The van der Waals surface area contributed by atoms with Crippen molar-refractivity contribution >= 4 is 48.2 Å². The van der Waals surface area contributed by atoms with Crippen molar-refractivity contribution in [1.29, 1.82) is 0 Å². The first-order valence-electron chi connectivity index (χ1n) is 18.2. The summed E-state index contributed by atoms with van der Waals surface area (Å²) in [6.07, 6.45) is -10.9. The lowest BCUT2D eigenvalue weighted by Gasteiger charge is -2.35. The molecule has 3 aliphatic rings. The van der Waals surface area contributed by atoms with Gasteiger partial charge in [0.15, 0.2) is 5.82 Å². The van der Waals surface area contributed by atoms with Gasteiger partial charge in [-0.3, -0.25) is 9.69 Å². The van der Waals surface area contributed by atoms with Crippen molar-refractivity contribution in [3.63, 3.8) is 0 Å². The molecule has 0 unspecified atom stereocenters. The zero-order chi connectivity index (χ0) is 42.8. The predicted molar refractivity (Wildman–Crippen MR) is 200 cm³/mol. The van der Waals surface area contributed by atoms with Crippen molar-refractivity contribution in [2.75, 3.05) is 6.61 Å². The van der Waals surface area contributed by atoms with E-state index in [0.717, 1.165) is 15.9 Å². The molecule has 2 atom stereocenters. The van der Waals surface area contributed by atoms with E-state index in [9.17, 15) is 36.6 Å². The Morgan fingerprint density at radius 3 is 2.22 bits per heavy atom. The van der Waals surface area contributed by atoms with Crippen molar-refractivity contribution in [2.24, 2.45) is 10.4 Å². The monoisotopic (exact) mass is 837 g/mol. The molecule has 2 aliphatic heterocycles. The maximum Gasteiger partial charge on any atom is 0.494 e. The third kappa shape index (κ3) is 8.10. The number of nitrogens with one attached hydrogen (secondary N) is 2. The van der Waals surface area contributed by atoms with Gasteiger partial charge in [-0.15, -0.1) is 4.99 Å². The van der Waals surface area contributed by atoms with Gasteiger partial charge in [-0.05, 0) is 81.1 Å². The molecule has 3 N–H and O–H groups in total. The van der Waals surface area contributed by atoms with Gasteiger partial charge in [0.1, 0.15) is 24.0 Å². The van der Waals surface area contributed by atoms with Crippen LogP contribution in [0.4, 0.5) is 31.5 Å². The molecule has 6 rings (SSSR count). The number of rotatable bonds is 10. The molecule has 2 aromatic carbocycles. The number of aromatic nitrogens is 3. The van der Waals surface area contributed by atoms with Gasteiger partial charge >= 0.3 is 25.5 Å². The van der Waals surface area contributed by atoms with Gasteiger partial charge in [-0.2, -0.15) is 18.3 Å². The van der Waals surface area contributed by atoms with Crippen LogP contribution < -0.4 is 16.1 Å². The molecule has 58 heavy (non-hydrogen) atoms. The van der Waals surface area contributed by atoms with Crippen molar-refractivity contribution in [2.45, 2.75) is 109 Å². The van der Waals surface area contributed by atoms with E-state index in [1.807, 2.05) is 53.8 Å². The van der Waals surface area contributed by atoms with Crippen LogP contribution in [0.15, 0.2) is 53.8 Å². The number of amides is 3. The smallest absolute Gasteiger partial charge is 0.463 e. The summed E-state index contributed by atoms with van der Waals surface area (Å²) in [7, 11) is -0.750. The molecule has 3 aromatic rings. The Morgan fingerprint density at radius 2 is 1.69 bits per heavy atom. The Hall–Kier alpha value is -4.82. The molecule has 312 valence electrons. The van der Waals surface area contributed by atoms with Gasteiger partial charge in [-0.1, -0.05) is 62.7 Å². The number of hydrogen-bond donors (Lipinski definition) is 3. The van der Waals surface area contributed by atoms with Crippen LogP contribution in [-0.2, 0) is 24.4 Å². The summed E-state index contributed by atoms with van der Waals surface area (Å²) in [5.74, 6) is -2.07. The third-order valence-corrected chi connectivity index (χ3v) is 11.1. The lowest BCUT2D eigenvalue weighted by atomic mass is 9.73. The molecule has 3 fully saturated rings. The molecule has 1 aromatic heterocycles. The summed E-state index contributed by atoms with van der Waals surface area (Å²) in [4.78, 5) is 48.7. The zero-order valence-corrected chi connectivity index (χ0v) is 33.3. The number of carboxylic acid groups (broad SMARTS) is 1. The molecule has 2 saturated heterocycles. The number of alkyl halides is 5. The standard InChI is InChI=1S/C37H42BClF5N7O7/c1-32(2,3)18-36(21-9-11-22(12-10-21)38-57-33(4,5)34(6,7)58-38)28(52)50(29(48-36)47-30(53)54)25(17-56-31(55)49-35(14-15-35)37(42,43)44)20-8-13-23(39)24(16-20)51-27(26(40)41)45-19-46-51/h8-13,16,19,25-26H,14-15,17-18H2,1-7H3,(H,47,48)(H,49,55)(H,53,54)/t25-,36-/m1/s1. The summed E-state index contributed by atoms with van der Waals surface area (Å²) in [5.41, 5.74) is -5.29. The normalized spacial score (nSPS) is 22.3. The van der Waals surface area contributed by atoms with E-state index in [4.69, 9.17) is 25.6 Å². The Labute approximate surface area is 335 Å². The van der Waals surface area contributed by atoms with Gasteiger partial charge in [0.25, 0.3) is 12.3 Å². The van der Waals surface area contributed by atoms with Crippen LogP contribution in [0.2, 0.25) is 5.02 Å². The van der Waals surface area contributed by atoms with Gasteiger partial charge in [0.2, 0.25) is 5.96 Å². The summed E-state index contributed by atoms with van der Waals surface area (Å²) in [6.45, 7) is 12.3. The number of guanidine groups is 1. The molecule has 1 saturated carbocycles. The number of carbonyl (C=O) groups excluding carboxylic acids is 2. The van der Waals surface area contributed by atoms with Crippen LogP contribution in [0.5, 0.6) is 0 Å².